The van der Waals surface area contributed by atoms with E-state index in [0.717, 1.165) is 44.0 Å². The Morgan fingerprint density at radius 2 is 2.04 bits per heavy atom. The lowest BCUT2D eigenvalue weighted by atomic mass is 9.94. The summed E-state index contributed by atoms with van der Waals surface area (Å²) in [5.74, 6) is 1.83. The van der Waals surface area contributed by atoms with E-state index < -0.39 is 0 Å². The Balaban J connectivity index is 1.45. The van der Waals surface area contributed by atoms with E-state index in [2.05, 4.69) is 27.0 Å². The van der Waals surface area contributed by atoms with Crippen LogP contribution in [0.2, 0.25) is 0 Å². The highest BCUT2D eigenvalue weighted by Gasteiger charge is 2.31. The van der Waals surface area contributed by atoms with Crippen molar-refractivity contribution >= 4 is 11.9 Å². The van der Waals surface area contributed by atoms with Gasteiger partial charge in [-0.15, -0.1) is 0 Å². The molecule has 0 spiro atoms. The predicted octanol–water partition coefficient (Wildman–Crippen LogP) is 2.29. The molecule has 1 unspecified atom stereocenters. The Kier molecular flexibility index (Phi) is 4.73. The molecule has 6 nitrogen and oxygen atoms in total. The molecule has 1 aromatic heterocycles. The summed E-state index contributed by atoms with van der Waals surface area (Å²) in [7, 11) is 1.68. The fraction of sp³-hybridized carbons (Fsp3) is 0.450. The first-order valence-corrected chi connectivity index (χ1v) is 9.21. The minimum atomic E-state index is 0.0136. The van der Waals surface area contributed by atoms with Gasteiger partial charge in [0.1, 0.15) is 5.75 Å². The number of hydrogen-bond acceptors (Lipinski definition) is 5. The smallest absolute Gasteiger partial charge is 0.227 e. The van der Waals surface area contributed by atoms with E-state index in [0.29, 0.717) is 13.1 Å². The highest BCUT2D eigenvalue weighted by Crippen LogP contribution is 2.27. The number of ether oxygens (including phenoxy) is 1. The maximum absolute atomic E-state index is 13.1. The third-order valence-corrected chi connectivity index (χ3v) is 5.34. The Hall–Kier alpha value is -2.63. The molecule has 1 amide bonds. The Bertz CT molecular complexity index is 781. The molecule has 2 aromatic rings. The molecular weight excluding hydrogens is 328 g/mol. The molecule has 0 N–H and O–H groups in total. The van der Waals surface area contributed by atoms with Gasteiger partial charge >= 0.3 is 0 Å². The van der Waals surface area contributed by atoms with Crippen molar-refractivity contribution in [2.75, 3.05) is 31.6 Å². The molecule has 2 aliphatic rings. The fourth-order valence-electron chi connectivity index (χ4n) is 3.92. The Labute approximate surface area is 153 Å². The van der Waals surface area contributed by atoms with Gasteiger partial charge in [-0.3, -0.25) is 4.79 Å². The second-order valence-corrected chi connectivity index (χ2v) is 6.98. The summed E-state index contributed by atoms with van der Waals surface area (Å²) < 4.78 is 5.33. The summed E-state index contributed by atoms with van der Waals surface area (Å²) in [5, 5.41) is 0. The van der Waals surface area contributed by atoms with Gasteiger partial charge in [0.25, 0.3) is 0 Å². The van der Waals surface area contributed by atoms with E-state index in [9.17, 15) is 4.79 Å². The number of fused-ring (bicyclic) bond motifs is 1. The second-order valence-electron chi connectivity index (χ2n) is 6.98. The van der Waals surface area contributed by atoms with E-state index in [4.69, 9.17) is 4.74 Å². The quantitative estimate of drug-likeness (QED) is 0.848. The van der Waals surface area contributed by atoms with Gasteiger partial charge in [-0.05, 0) is 48.6 Å². The van der Waals surface area contributed by atoms with Crippen molar-refractivity contribution in [1.29, 1.82) is 0 Å². The summed E-state index contributed by atoms with van der Waals surface area (Å²) in [5.41, 5.74) is 2.51. The zero-order chi connectivity index (χ0) is 17.9. The molecule has 136 valence electrons. The van der Waals surface area contributed by atoms with Gasteiger partial charge in [0.05, 0.1) is 13.0 Å². The van der Waals surface area contributed by atoms with Gasteiger partial charge < -0.3 is 14.5 Å². The third-order valence-electron chi connectivity index (χ3n) is 5.34. The minimum absolute atomic E-state index is 0.0136. The molecular formula is C20H24N4O2. The maximum atomic E-state index is 13.1. The van der Waals surface area contributed by atoms with Gasteiger partial charge in [0.15, 0.2) is 0 Å². The fourth-order valence-corrected chi connectivity index (χ4v) is 3.92. The molecule has 0 radical (unpaired) electrons. The van der Waals surface area contributed by atoms with Crippen LogP contribution < -0.4 is 9.64 Å². The molecule has 1 aromatic carbocycles. The number of benzene rings is 1. The number of methoxy groups -OCH3 is 1. The van der Waals surface area contributed by atoms with Crippen LogP contribution in [0.5, 0.6) is 5.75 Å². The van der Waals surface area contributed by atoms with Crippen LogP contribution >= 0.6 is 0 Å². The number of amides is 1. The third kappa shape index (κ3) is 3.36. The number of piperidine rings is 1. The van der Waals surface area contributed by atoms with Crippen LogP contribution in [0.25, 0.3) is 0 Å². The van der Waals surface area contributed by atoms with Gasteiger partial charge in [-0.1, -0.05) is 6.07 Å². The highest BCUT2D eigenvalue weighted by molar-refractivity contribution is 5.80. The van der Waals surface area contributed by atoms with Crippen molar-refractivity contribution in [1.82, 2.24) is 14.9 Å². The molecule has 3 heterocycles. The van der Waals surface area contributed by atoms with Gasteiger partial charge in [0.2, 0.25) is 11.9 Å². The molecule has 0 aliphatic carbocycles. The second kappa shape index (κ2) is 7.32. The summed E-state index contributed by atoms with van der Waals surface area (Å²) in [4.78, 5) is 25.9. The number of nitrogens with zero attached hydrogens (tertiary/aromatic N) is 4. The van der Waals surface area contributed by atoms with Gasteiger partial charge in [0, 0.05) is 38.6 Å². The average molecular weight is 352 g/mol. The van der Waals surface area contributed by atoms with Crippen LogP contribution in [0.15, 0.2) is 36.7 Å². The summed E-state index contributed by atoms with van der Waals surface area (Å²) in [6, 6.07) is 7.98. The molecule has 0 saturated carbocycles. The van der Waals surface area contributed by atoms with Crippen LogP contribution in [-0.4, -0.2) is 47.5 Å². The number of carbonyl (C=O) groups is 1. The number of rotatable bonds is 3. The summed E-state index contributed by atoms with van der Waals surface area (Å²) in [6.07, 6.45) is 6.34. The van der Waals surface area contributed by atoms with Crippen LogP contribution in [0, 0.1) is 5.92 Å². The lowest BCUT2D eigenvalue weighted by molar-refractivity contribution is -0.136. The van der Waals surface area contributed by atoms with E-state index >= 15 is 0 Å². The molecule has 4 rings (SSSR count). The summed E-state index contributed by atoms with van der Waals surface area (Å²) >= 11 is 0. The highest BCUT2D eigenvalue weighted by atomic mass is 16.5. The van der Waals surface area contributed by atoms with Crippen molar-refractivity contribution in [2.24, 2.45) is 5.92 Å². The first-order valence-electron chi connectivity index (χ1n) is 9.21. The molecule has 1 saturated heterocycles. The monoisotopic (exact) mass is 352 g/mol. The topological polar surface area (TPSA) is 58.6 Å². The van der Waals surface area contributed by atoms with Crippen LogP contribution in [0.3, 0.4) is 0 Å². The van der Waals surface area contributed by atoms with E-state index in [1.54, 1.807) is 19.5 Å². The molecule has 1 fully saturated rings. The van der Waals surface area contributed by atoms with Gasteiger partial charge in [-0.25, -0.2) is 9.97 Å². The first kappa shape index (κ1) is 16.8. The van der Waals surface area contributed by atoms with Crippen LogP contribution in [0.4, 0.5) is 5.95 Å². The van der Waals surface area contributed by atoms with Crippen molar-refractivity contribution in [3.8, 4) is 5.75 Å². The Morgan fingerprint density at radius 1 is 1.19 bits per heavy atom. The molecule has 1 atom stereocenters. The molecule has 6 heteroatoms. The van der Waals surface area contributed by atoms with E-state index in [1.165, 1.54) is 11.1 Å². The number of anilines is 1. The van der Waals surface area contributed by atoms with Crippen molar-refractivity contribution in [3.63, 3.8) is 0 Å². The van der Waals surface area contributed by atoms with Crippen molar-refractivity contribution in [3.05, 3.63) is 47.8 Å². The Morgan fingerprint density at radius 3 is 2.85 bits per heavy atom. The standard InChI is InChI=1S/C20H24N4O2/c1-26-18-6-5-15-7-11-23(14-17(15)12-18)19(25)16-4-2-10-24(13-16)20-21-8-3-9-22-20/h3,5-6,8-9,12,16H,2,4,7,10-11,13-14H2,1H3. The van der Waals surface area contributed by atoms with Crippen LogP contribution in [0.1, 0.15) is 24.0 Å². The summed E-state index contributed by atoms with van der Waals surface area (Å²) in [6.45, 7) is 3.07. The lowest BCUT2D eigenvalue weighted by Gasteiger charge is -2.36. The number of aromatic nitrogens is 2. The SMILES string of the molecule is COc1ccc2c(c1)CN(C(=O)C1CCCN(c3ncccn3)C1)CC2. The molecule has 0 bridgehead atoms. The van der Waals surface area contributed by atoms with Gasteiger partial charge in [-0.2, -0.15) is 0 Å². The molecule has 2 aliphatic heterocycles. The van der Waals surface area contributed by atoms with E-state index in [-0.39, 0.29) is 11.8 Å². The largest absolute Gasteiger partial charge is 0.497 e. The zero-order valence-electron chi connectivity index (χ0n) is 15.1. The van der Waals surface area contributed by atoms with E-state index in [1.807, 2.05) is 17.0 Å². The van der Waals surface area contributed by atoms with Crippen LogP contribution in [-0.2, 0) is 17.8 Å². The van der Waals surface area contributed by atoms with Crippen molar-refractivity contribution < 1.29 is 9.53 Å². The average Bonchev–Trinajstić information content (AvgIpc) is 2.73. The predicted molar refractivity (Wildman–Crippen MR) is 99.1 cm³/mol. The lowest BCUT2D eigenvalue weighted by Crippen LogP contribution is -2.46. The first-order chi connectivity index (χ1) is 12.7. The zero-order valence-corrected chi connectivity index (χ0v) is 15.1. The molecule has 26 heavy (non-hydrogen) atoms. The minimum Gasteiger partial charge on any atom is -0.497 e. The normalized spacial score (nSPS) is 19.8. The number of hydrogen-bond donors (Lipinski definition) is 0. The van der Waals surface area contributed by atoms with Crippen molar-refractivity contribution in [2.45, 2.75) is 25.8 Å². The number of carbonyl (C=O) groups excluding carboxylic acids is 1. The maximum Gasteiger partial charge on any atom is 0.227 e.